The Hall–Kier alpha value is -2.18. The zero-order valence-electron chi connectivity index (χ0n) is 12.6. The highest BCUT2D eigenvalue weighted by Crippen LogP contribution is 2.15. The molecule has 3 rings (SSSR count). The normalized spacial score (nSPS) is 19.2. The van der Waals surface area contributed by atoms with Gasteiger partial charge in [0, 0.05) is 51.7 Å². The third kappa shape index (κ3) is 3.18. The molecule has 7 nitrogen and oxygen atoms in total. The molecule has 0 atom stereocenters. The maximum atomic E-state index is 12.4. The van der Waals surface area contributed by atoms with Crippen LogP contribution in [0.1, 0.15) is 29.6 Å². The molecular weight excluding hydrogens is 282 g/mol. The van der Waals surface area contributed by atoms with Crippen LogP contribution in [0.15, 0.2) is 12.4 Å². The minimum atomic E-state index is -0.0595. The third-order valence-electron chi connectivity index (χ3n) is 4.27. The first-order chi connectivity index (χ1) is 10.8. The lowest BCUT2D eigenvalue weighted by atomic mass is 10.1. The molecule has 0 spiro atoms. The fraction of sp³-hybridized carbons (Fsp3) is 0.600. The Labute approximate surface area is 129 Å². The molecule has 0 aliphatic carbocycles. The van der Waals surface area contributed by atoms with Gasteiger partial charge in [0.15, 0.2) is 0 Å². The summed E-state index contributed by atoms with van der Waals surface area (Å²) in [5.74, 6) is 0.651. The van der Waals surface area contributed by atoms with E-state index >= 15 is 0 Å². The molecule has 2 amide bonds. The molecule has 2 aliphatic heterocycles. The second kappa shape index (κ2) is 6.72. The fourth-order valence-corrected chi connectivity index (χ4v) is 2.90. The molecule has 2 aliphatic rings. The van der Waals surface area contributed by atoms with Gasteiger partial charge in [-0.15, -0.1) is 0 Å². The summed E-state index contributed by atoms with van der Waals surface area (Å²) in [5, 5.41) is 0. The number of carbonyl (C=O) groups is 2. The first-order valence-electron chi connectivity index (χ1n) is 7.83. The van der Waals surface area contributed by atoms with Gasteiger partial charge in [-0.3, -0.25) is 9.59 Å². The molecule has 0 saturated carbocycles. The molecule has 7 heteroatoms. The molecule has 0 radical (unpaired) electrons. The Morgan fingerprint density at radius 3 is 2.18 bits per heavy atom. The van der Waals surface area contributed by atoms with E-state index in [0.29, 0.717) is 37.7 Å². The van der Waals surface area contributed by atoms with E-state index in [0.717, 1.165) is 19.5 Å². The maximum Gasteiger partial charge on any atom is 0.257 e. The highest BCUT2D eigenvalue weighted by molar-refractivity contribution is 5.93. The number of anilines is 1. The van der Waals surface area contributed by atoms with Crippen molar-refractivity contribution in [3.63, 3.8) is 0 Å². The number of hydrogen-bond donors (Lipinski definition) is 0. The topological polar surface area (TPSA) is 69.6 Å². The number of aromatic nitrogens is 2. The molecule has 22 heavy (non-hydrogen) atoms. The SMILES string of the molecule is O=CN1CCN(C(=O)c2cnc(N3CCCCC3)nc2)CC1. The van der Waals surface area contributed by atoms with Crippen LogP contribution in [0, 0.1) is 0 Å². The highest BCUT2D eigenvalue weighted by atomic mass is 16.2. The van der Waals surface area contributed by atoms with Crippen molar-refractivity contribution in [3.05, 3.63) is 18.0 Å². The summed E-state index contributed by atoms with van der Waals surface area (Å²) < 4.78 is 0. The number of piperazine rings is 1. The average Bonchev–Trinajstić information content (AvgIpc) is 2.62. The van der Waals surface area contributed by atoms with E-state index in [-0.39, 0.29) is 5.91 Å². The molecular formula is C15H21N5O2. The van der Waals surface area contributed by atoms with Crippen LogP contribution in [0.3, 0.4) is 0 Å². The van der Waals surface area contributed by atoms with Crippen molar-refractivity contribution in [1.29, 1.82) is 0 Å². The van der Waals surface area contributed by atoms with Gasteiger partial charge in [-0.2, -0.15) is 0 Å². The summed E-state index contributed by atoms with van der Waals surface area (Å²) in [4.78, 5) is 37.4. The number of hydrogen-bond acceptors (Lipinski definition) is 5. The minimum absolute atomic E-state index is 0.0595. The average molecular weight is 303 g/mol. The van der Waals surface area contributed by atoms with Crippen LogP contribution >= 0.6 is 0 Å². The van der Waals surface area contributed by atoms with Gasteiger partial charge in [-0.05, 0) is 19.3 Å². The summed E-state index contributed by atoms with van der Waals surface area (Å²) in [5.41, 5.74) is 0.514. The predicted octanol–water partition coefficient (Wildman–Crippen LogP) is 0.381. The Morgan fingerprint density at radius 2 is 1.59 bits per heavy atom. The zero-order valence-corrected chi connectivity index (χ0v) is 12.6. The maximum absolute atomic E-state index is 12.4. The van der Waals surface area contributed by atoms with Crippen molar-refractivity contribution in [1.82, 2.24) is 19.8 Å². The summed E-state index contributed by atoms with van der Waals surface area (Å²) in [6, 6.07) is 0. The van der Waals surface area contributed by atoms with E-state index in [1.54, 1.807) is 22.2 Å². The standard InChI is InChI=1S/C15H21N5O2/c21-12-18-6-8-19(9-7-18)14(22)13-10-16-15(17-11-13)20-4-2-1-3-5-20/h10-12H,1-9H2. The van der Waals surface area contributed by atoms with Gasteiger partial charge in [0.05, 0.1) is 5.56 Å². The van der Waals surface area contributed by atoms with E-state index in [1.165, 1.54) is 19.3 Å². The van der Waals surface area contributed by atoms with E-state index in [9.17, 15) is 9.59 Å². The summed E-state index contributed by atoms with van der Waals surface area (Å²) >= 11 is 0. The molecule has 2 fully saturated rings. The van der Waals surface area contributed by atoms with Gasteiger partial charge in [-0.1, -0.05) is 0 Å². The first kappa shape index (κ1) is 14.7. The molecule has 0 aromatic carbocycles. The Morgan fingerprint density at radius 1 is 0.955 bits per heavy atom. The van der Waals surface area contributed by atoms with Crippen molar-refractivity contribution in [3.8, 4) is 0 Å². The van der Waals surface area contributed by atoms with Crippen LogP contribution in [0.25, 0.3) is 0 Å². The van der Waals surface area contributed by atoms with E-state index in [4.69, 9.17) is 0 Å². The lowest BCUT2D eigenvalue weighted by Crippen LogP contribution is -2.48. The number of amides is 2. The highest BCUT2D eigenvalue weighted by Gasteiger charge is 2.22. The second-order valence-electron chi connectivity index (χ2n) is 5.75. The number of carbonyl (C=O) groups excluding carboxylic acids is 2. The van der Waals surface area contributed by atoms with Gasteiger partial charge in [-0.25, -0.2) is 9.97 Å². The summed E-state index contributed by atoms with van der Waals surface area (Å²) in [7, 11) is 0. The Kier molecular flexibility index (Phi) is 4.50. The van der Waals surface area contributed by atoms with Crippen LogP contribution < -0.4 is 4.90 Å². The minimum Gasteiger partial charge on any atom is -0.342 e. The Balaban J connectivity index is 1.62. The third-order valence-corrected chi connectivity index (χ3v) is 4.27. The monoisotopic (exact) mass is 303 g/mol. The molecule has 0 bridgehead atoms. The quantitative estimate of drug-likeness (QED) is 0.755. The first-order valence-corrected chi connectivity index (χ1v) is 7.83. The van der Waals surface area contributed by atoms with Crippen LogP contribution in [-0.2, 0) is 4.79 Å². The van der Waals surface area contributed by atoms with Crippen molar-refractivity contribution in [2.75, 3.05) is 44.2 Å². The van der Waals surface area contributed by atoms with Gasteiger partial charge < -0.3 is 14.7 Å². The zero-order chi connectivity index (χ0) is 15.4. The van der Waals surface area contributed by atoms with E-state index in [1.807, 2.05) is 0 Å². The number of piperidine rings is 1. The lowest BCUT2D eigenvalue weighted by molar-refractivity contribution is -0.119. The van der Waals surface area contributed by atoms with Crippen molar-refractivity contribution >= 4 is 18.3 Å². The van der Waals surface area contributed by atoms with Crippen LogP contribution in [-0.4, -0.2) is 71.4 Å². The second-order valence-corrected chi connectivity index (χ2v) is 5.75. The van der Waals surface area contributed by atoms with Gasteiger partial charge in [0.1, 0.15) is 0 Å². The molecule has 3 heterocycles. The smallest absolute Gasteiger partial charge is 0.257 e. The molecule has 1 aromatic rings. The number of nitrogens with zero attached hydrogens (tertiary/aromatic N) is 5. The Bertz CT molecular complexity index is 519. The molecule has 118 valence electrons. The predicted molar refractivity (Wildman–Crippen MR) is 81.6 cm³/mol. The fourth-order valence-electron chi connectivity index (χ4n) is 2.90. The van der Waals surface area contributed by atoms with Crippen molar-refractivity contribution in [2.45, 2.75) is 19.3 Å². The van der Waals surface area contributed by atoms with Crippen molar-refractivity contribution in [2.24, 2.45) is 0 Å². The molecule has 0 unspecified atom stereocenters. The van der Waals surface area contributed by atoms with Gasteiger partial charge in [0.25, 0.3) is 5.91 Å². The largest absolute Gasteiger partial charge is 0.342 e. The summed E-state index contributed by atoms with van der Waals surface area (Å²) in [6.07, 6.45) is 7.67. The molecule has 2 saturated heterocycles. The molecule has 0 N–H and O–H groups in total. The van der Waals surface area contributed by atoms with E-state index < -0.39 is 0 Å². The number of rotatable bonds is 3. The van der Waals surface area contributed by atoms with Gasteiger partial charge in [0.2, 0.25) is 12.4 Å². The van der Waals surface area contributed by atoms with Gasteiger partial charge >= 0.3 is 0 Å². The summed E-state index contributed by atoms with van der Waals surface area (Å²) in [6.45, 7) is 4.27. The van der Waals surface area contributed by atoms with E-state index in [2.05, 4.69) is 14.9 Å². The van der Waals surface area contributed by atoms with Crippen LogP contribution in [0.2, 0.25) is 0 Å². The van der Waals surface area contributed by atoms with Crippen LogP contribution in [0.5, 0.6) is 0 Å². The lowest BCUT2D eigenvalue weighted by Gasteiger charge is -2.32. The molecule has 1 aromatic heterocycles. The van der Waals surface area contributed by atoms with Crippen LogP contribution in [0.4, 0.5) is 5.95 Å². The van der Waals surface area contributed by atoms with Crippen molar-refractivity contribution < 1.29 is 9.59 Å².